The van der Waals surface area contributed by atoms with Gasteiger partial charge in [-0.2, -0.15) is 5.26 Å². The van der Waals surface area contributed by atoms with Crippen LogP contribution >= 0.6 is 0 Å². The van der Waals surface area contributed by atoms with Crippen LogP contribution in [0.3, 0.4) is 0 Å². The lowest BCUT2D eigenvalue weighted by Crippen LogP contribution is -2.03. The number of aryl methyl sites for hydroxylation is 1. The molecule has 0 unspecified atom stereocenters. The van der Waals surface area contributed by atoms with E-state index in [0.717, 1.165) is 0 Å². The van der Waals surface area contributed by atoms with Gasteiger partial charge in [-0.1, -0.05) is 0 Å². The number of nitrogens with zero attached hydrogens (tertiary/aromatic N) is 3. The average molecular weight is 163 g/mol. The number of nitriles is 1. The Kier molecular flexibility index (Phi) is 1.83. The molecule has 0 aliphatic heterocycles. The first-order valence-electron chi connectivity index (χ1n) is 3.35. The summed E-state index contributed by atoms with van der Waals surface area (Å²) in [6.45, 7) is 1.77. The minimum atomic E-state index is -0.198. The van der Waals surface area contributed by atoms with E-state index < -0.39 is 0 Å². The van der Waals surface area contributed by atoms with Crippen LogP contribution in [0, 0.1) is 23.7 Å². The van der Waals surface area contributed by atoms with Crippen molar-refractivity contribution in [1.29, 1.82) is 10.7 Å². The Morgan fingerprint density at radius 2 is 2.33 bits per heavy atom. The Bertz CT molecular complexity index is 368. The summed E-state index contributed by atoms with van der Waals surface area (Å²) < 4.78 is 1.64. The van der Waals surface area contributed by atoms with Crippen molar-refractivity contribution >= 4 is 11.5 Å². The predicted molar refractivity (Wildman–Crippen MR) is 44.8 cm³/mol. The van der Waals surface area contributed by atoms with E-state index in [4.69, 9.17) is 16.4 Å². The predicted octanol–water partition coefficient (Wildman–Crippen LogP) is 0.202. The summed E-state index contributed by atoms with van der Waals surface area (Å²) in [5, 5.41) is 15.6. The molecule has 12 heavy (non-hydrogen) atoms. The monoisotopic (exact) mass is 163 g/mol. The summed E-state index contributed by atoms with van der Waals surface area (Å²) in [4.78, 5) is 3.97. The molecular weight excluding hydrogens is 154 g/mol. The van der Waals surface area contributed by atoms with Crippen molar-refractivity contribution in [2.75, 3.05) is 5.73 Å². The standard InChI is InChI=1S/C7H9N5/c1-4-11-6(5(9)3-8)7(10)12(4)2/h9H,10H2,1-2H3. The van der Waals surface area contributed by atoms with Crippen molar-refractivity contribution < 1.29 is 0 Å². The number of hydrogen-bond donors (Lipinski definition) is 2. The first kappa shape index (κ1) is 8.27. The third-order valence-electron chi connectivity index (χ3n) is 1.71. The number of hydrogen-bond acceptors (Lipinski definition) is 4. The zero-order valence-corrected chi connectivity index (χ0v) is 6.92. The number of nitrogen functional groups attached to an aromatic ring is 1. The lowest BCUT2D eigenvalue weighted by molar-refractivity contribution is 0.868. The van der Waals surface area contributed by atoms with E-state index in [9.17, 15) is 0 Å². The van der Waals surface area contributed by atoms with Crippen LogP contribution in [-0.2, 0) is 7.05 Å². The largest absolute Gasteiger partial charge is 0.383 e. The van der Waals surface area contributed by atoms with Crippen molar-refractivity contribution in [3.05, 3.63) is 11.5 Å². The van der Waals surface area contributed by atoms with Crippen molar-refractivity contribution in [3.63, 3.8) is 0 Å². The highest BCUT2D eigenvalue weighted by Crippen LogP contribution is 2.11. The molecular formula is C7H9N5. The highest BCUT2D eigenvalue weighted by atomic mass is 15.1. The van der Waals surface area contributed by atoms with Crippen molar-refractivity contribution in [2.45, 2.75) is 6.92 Å². The van der Waals surface area contributed by atoms with Gasteiger partial charge < -0.3 is 10.3 Å². The Morgan fingerprint density at radius 1 is 1.75 bits per heavy atom. The van der Waals surface area contributed by atoms with Gasteiger partial charge in [0.2, 0.25) is 0 Å². The highest BCUT2D eigenvalue weighted by molar-refractivity contribution is 6.10. The highest BCUT2D eigenvalue weighted by Gasteiger charge is 2.12. The Hall–Kier alpha value is -1.83. The lowest BCUT2D eigenvalue weighted by atomic mass is 10.3. The average Bonchev–Trinajstić information content (AvgIpc) is 2.32. The molecule has 0 radical (unpaired) electrons. The van der Waals surface area contributed by atoms with Crippen LogP contribution in [0.4, 0.5) is 5.82 Å². The zero-order chi connectivity index (χ0) is 9.30. The maximum atomic E-state index is 8.43. The molecule has 0 atom stereocenters. The quantitative estimate of drug-likeness (QED) is 0.579. The number of nitrogens with one attached hydrogen (secondary N) is 1. The van der Waals surface area contributed by atoms with Gasteiger partial charge >= 0.3 is 0 Å². The Labute approximate surface area is 69.9 Å². The van der Waals surface area contributed by atoms with Crippen LogP contribution in [0.25, 0.3) is 0 Å². The third kappa shape index (κ3) is 1.03. The van der Waals surface area contributed by atoms with Gasteiger partial charge in [0.05, 0.1) is 0 Å². The summed E-state index contributed by atoms with van der Waals surface area (Å²) in [5.74, 6) is 1.06. The number of imidazole rings is 1. The molecule has 0 aliphatic rings. The molecule has 0 saturated heterocycles. The second kappa shape index (κ2) is 2.66. The van der Waals surface area contributed by atoms with Crippen molar-refractivity contribution in [3.8, 4) is 6.07 Å². The Morgan fingerprint density at radius 3 is 2.67 bits per heavy atom. The van der Waals surface area contributed by atoms with E-state index in [0.29, 0.717) is 11.6 Å². The molecule has 0 aliphatic carbocycles. The zero-order valence-electron chi connectivity index (χ0n) is 6.92. The molecule has 1 heterocycles. The van der Waals surface area contributed by atoms with E-state index in [1.807, 2.05) is 0 Å². The van der Waals surface area contributed by atoms with Gasteiger partial charge in [0.25, 0.3) is 0 Å². The first-order valence-corrected chi connectivity index (χ1v) is 3.35. The topological polar surface area (TPSA) is 91.5 Å². The fraction of sp³-hybridized carbons (Fsp3) is 0.286. The van der Waals surface area contributed by atoms with Gasteiger partial charge in [-0.3, -0.25) is 5.41 Å². The number of aromatic nitrogens is 2. The van der Waals surface area contributed by atoms with Crippen LogP contribution in [0.15, 0.2) is 0 Å². The van der Waals surface area contributed by atoms with E-state index in [1.54, 1.807) is 24.6 Å². The van der Waals surface area contributed by atoms with Crippen molar-refractivity contribution in [2.24, 2.45) is 7.05 Å². The van der Waals surface area contributed by atoms with Gasteiger partial charge in [0, 0.05) is 7.05 Å². The van der Waals surface area contributed by atoms with Crippen LogP contribution in [0.5, 0.6) is 0 Å². The van der Waals surface area contributed by atoms with Crippen LogP contribution in [-0.4, -0.2) is 15.3 Å². The molecule has 0 spiro atoms. The smallest absolute Gasteiger partial charge is 0.161 e. The van der Waals surface area contributed by atoms with Gasteiger partial charge in [0.1, 0.15) is 23.4 Å². The summed E-state index contributed by atoms with van der Waals surface area (Å²) >= 11 is 0. The first-order chi connectivity index (χ1) is 5.57. The fourth-order valence-corrected chi connectivity index (χ4v) is 0.864. The lowest BCUT2D eigenvalue weighted by Gasteiger charge is -1.96. The molecule has 0 aromatic carbocycles. The Balaban J connectivity index is 3.29. The van der Waals surface area contributed by atoms with Crippen LogP contribution in [0.1, 0.15) is 11.5 Å². The second-order valence-corrected chi connectivity index (χ2v) is 2.44. The van der Waals surface area contributed by atoms with E-state index in [2.05, 4.69) is 4.98 Å². The summed E-state index contributed by atoms with van der Waals surface area (Å²) in [6.07, 6.45) is 0. The third-order valence-corrected chi connectivity index (χ3v) is 1.71. The minimum Gasteiger partial charge on any atom is -0.383 e. The molecule has 3 N–H and O–H groups in total. The van der Waals surface area contributed by atoms with Gasteiger partial charge in [-0.25, -0.2) is 4.98 Å². The number of nitrogens with two attached hydrogens (primary N) is 1. The molecule has 5 nitrogen and oxygen atoms in total. The van der Waals surface area contributed by atoms with Crippen LogP contribution in [0.2, 0.25) is 0 Å². The minimum absolute atomic E-state index is 0.198. The number of rotatable bonds is 1. The van der Waals surface area contributed by atoms with Gasteiger partial charge in [0.15, 0.2) is 5.71 Å². The summed E-state index contributed by atoms with van der Waals surface area (Å²) in [6, 6.07) is 1.69. The SMILES string of the molecule is Cc1nc(C(=N)C#N)c(N)n1C. The molecule has 0 saturated carbocycles. The molecule has 1 aromatic rings. The number of anilines is 1. The molecule has 0 fully saturated rings. The van der Waals surface area contributed by atoms with Gasteiger partial charge in [-0.15, -0.1) is 0 Å². The summed E-state index contributed by atoms with van der Waals surface area (Å²) in [7, 11) is 1.74. The molecule has 0 amide bonds. The van der Waals surface area contributed by atoms with Crippen molar-refractivity contribution in [1.82, 2.24) is 9.55 Å². The molecule has 1 rings (SSSR count). The van der Waals surface area contributed by atoms with E-state index in [1.165, 1.54) is 0 Å². The maximum absolute atomic E-state index is 8.43. The molecule has 62 valence electrons. The second-order valence-electron chi connectivity index (χ2n) is 2.44. The molecule has 0 bridgehead atoms. The molecule has 5 heteroatoms. The van der Waals surface area contributed by atoms with E-state index in [-0.39, 0.29) is 11.4 Å². The fourth-order valence-electron chi connectivity index (χ4n) is 0.864. The normalized spacial score (nSPS) is 9.42. The molecule has 1 aromatic heterocycles. The maximum Gasteiger partial charge on any atom is 0.161 e. The summed E-state index contributed by atoms with van der Waals surface area (Å²) in [5.41, 5.74) is 5.65. The van der Waals surface area contributed by atoms with E-state index >= 15 is 0 Å². The van der Waals surface area contributed by atoms with Gasteiger partial charge in [-0.05, 0) is 6.92 Å². The van der Waals surface area contributed by atoms with Crippen LogP contribution < -0.4 is 5.73 Å².